The van der Waals surface area contributed by atoms with Crippen LogP contribution in [-0.2, 0) is 0 Å². The van der Waals surface area contributed by atoms with Gasteiger partial charge in [-0.15, -0.1) is 11.3 Å². The highest BCUT2D eigenvalue weighted by molar-refractivity contribution is 9.11. The fourth-order valence-corrected chi connectivity index (χ4v) is 3.74. The first kappa shape index (κ1) is 13.8. The highest BCUT2D eigenvalue weighted by atomic mass is 79.9. The van der Waals surface area contributed by atoms with Crippen molar-refractivity contribution < 1.29 is 4.79 Å². The zero-order valence-electron chi connectivity index (χ0n) is 9.88. The van der Waals surface area contributed by atoms with Crippen LogP contribution >= 0.6 is 43.2 Å². The molecule has 5 heteroatoms. The van der Waals surface area contributed by atoms with Gasteiger partial charge in [0.2, 0.25) is 0 Å². The van der Waals surface area contributed by atoms with Gasteiger partial charge >= 0.3 is 0 Å². The molecule has 0 radical (unpaired) electrons. The molecule has 18 heavy (non-hydrogen) atoms. The monoisotopic (exact) mass is 387 g/mol. The number of halogens is 2. The summed E-state index contributed by atoms with van der Waals surface area (Å²) in [6, 6.07) is 7.72. The Morgan fingerprint density at radius 1 is 1.22 bits per heavy atom. The molecule has 0 aliphatic carbocycles. The van der Waals surface area contributed by atoms with Crippen molar-refractivity contribution in [2.75, 3.05) is 5.32 Å². The van der Waals surface area contributed by atoms with Crippen LogP contribution in [0.15, 0.2) is 32.5 Å². The minimum Gasteiger partial charge on any atom is -0.320 e. The molecule has 0 fully saturated rings. The maximum absolute atomic E-state index is 12.1. The molecule has 0 aliphatic heterocycles. The normalized spacial score (nSPS) is 10.4. The van der Waals surface area contributed by atoms with Crippen molar-refractivity contribution in [3.05, 3.63) is 48.5 Å². The summed E-state index contributed by atoms with van der Waals surface area (Å²) in [6.45, 7) is 4.01. The number of anilines is 1. The lowest BCUT2D eigenvalue weighted by molar-refractivity contribution is 0.103. The van der Waals surface area contributed by atoms with Crippen LogP contribution in [0.4, 0.5) is 5.69 Å². The van der Waals surface area contributed by atoms with E-state index in [-0.39, 0.29) is 5.91 Å². The van der Waals surface area contributed by atoms with Gasteiger partial charge in [0.05, 0.1) is 14.4 Å². The van der Waals surface area contributed by atoms with E-state index >= 15 is 0 Å². The SMILES string of the molecule is Cc1cc(C)c(NC(=O)c2ccc(Br)s2)c(Br)c1. The Kier molecular flexibility index (Phi) is 4.25. The summed E-state index contributed by atoms with van der Waals surface area (Å²) >= 11 is 8.26. The maximum Gasteiger partial charge on any atom is 0.265 e. The fraction of sp³-hybridized carbons (Fsp3) is 0.154. The van der Waals surface area contributed by atoms with Crippen LogP contribution in [0.5, 0.6) is 0 Å². The molecular weight excluding hydrogens is 378 g/mol. The molecule has 2 aromatic rings. The van der Waals surface area contributed by atoms with Gasteiger partial charge < -0.3 is 5.32 Å². The van der Waals surface area contributed by atoms with Crippen LogP contribution in [-0.4, -0.2) is 5.91 Å². The first-order chi connectivity index (χ1) is 8.47. The first-order valence-corrected chi connectivity index (χ1v) is 7.71. The standard InChI is InChI=1S/C13H11Br2NOS/c1-7-5-8(2)12(9(14)6-7)16-13(17)10-3-4-11(15)18-10/h3-6H,1-2H3,(H,16,17). The predicted octanol–water partition coefficient (Wildman–Crippen LogP) is 5.14. The second-order valence-electron chi connectivity index (χ2n) is 4.00. The second-order valence-corrected chi connectivity index (χ2v) is 7.31. The highest BCUT2D eigenvalue weighted by Gasteiger charge is 2.12. The Labute approximate surface area is 127 Å². The average molecular weight is 389 g/mol. The van der Waals surface area contributed by atoms with Crippen LogP contribution in [0, 0.1) is 13.8 Å². The Morgan fingerprint density at radius 3 is 2.50 bits per heavy atom. The van der Waals surface area contributed by atoms with Gasteiger partial charge in [-0.2, -0.15) is 0 Å². The fourth-order valence-electron chi connectivity index (χ4n) is 1.69. The number of aryl methyl sites for hydroxylation is 2. The predicted molar refractivity (Wildman–Crippen MR) is 83.6 cm³/mol. The van der Waals surface area contributed by atoms with Crippen LogP contribution in [0.3, 0.4) is 0 Å². The lowest BCUT2D eigenvalue weighted by atomic mass is 10.1. The van der Waals surface area contributed by atoms with E-state index in [1.165, 1.54) is 11.3 Å². The van der Waals surface area contributed by atoms with Crippen LogP contribution in [0.2, 0.25) is 0 Å². The van der Waals surface area contributed by atoms with Gasteiger partial charge in [-0.05, 0) is 75.0 Å². The van der Waals surface area contributed by atoms with E-state index < -0.39 is 0 Å². The number of hydrogen-bond acceptors (Lipinski definition) is 2. The number of amides is 1. The van der Waals surface area contributed by atoms with Gasteiger partial charge in [0, 0.05) is 4.47 Å². The van der Waals surface area contributed by atoms with Crippen LogP contribution < -0.4 is 5.32 Å². The van der Waals surface area contributed by atoms with E-state index in [2.05, 4.69) is 37.2 Å². The second kappa shape index (κ2) is 5.55. The van der Waals surface area contributed by atoms with E-state index in [0.717, 1.165) is 25.1 Å². The molecule has 0 atom stereocenters. The minimum atomic E-state index is -0.0849. The number of hydrogen-bond donors (Lipinski definition) is 1. The smallest absolute Gasteiger partial charge is 0.265 e. The first-order valence-electron chi connectivity index (χ1n) is 5.31. The van der Waals surface area contributed by atoms with Gasteiger partial charge in [0.15, 0.2) is 0 Å². The van der Waals surface area contributed by atoms with Gasteiger partial charge in [-0.25, -0.2) is 0 Å². The Morgan fingerprint density at radius 2 is 1.94 bits per heavy atom. The maximum atomic E-state index is 12.1. The van der Waals surface area contributed by atoms with Crippen molar-refractivity contribution in [1.29, 1.82) is 0 Å². The number of rotatable bonds is 2. The van der Waals surface area contributed by atoms with Crippen molar-refractivity contribution in [1.82, 2.24) is 0 Å². The van der Waals surface area contributed by atoms with E-state index in [0.29, 0.717) is 4.88 Å². The van der Waals surface area contributed by atoms with Crippen LogP contribution in [0.25, 0.3) is 0 Å². The van der Waals surface area contributed by atoms with Gasteiger partial charge in [-0.3, -0.25) is 4.79 Å². The zero-order chi connectivity index (χ0) is 13.3. The molecule has 1 amide bonds. The number of carbonyl (C=O) groups excluding carboxylic acids is 1. The zero-order valence-corrected chi connectivity index (χ0v) is 13.9. The Bertz CT molecular complexity index is 584. The summed E-state index contributed by atoms with van der Waals surface area (Å²) in [4.78, 5) is 12.8. The molecule has 0 aliphatic rings. The summed E-state index contributed by atoms with van der Waals surface area (Å²) in [5.74, 6) is -0.0849. The summed E-state index contributed by atoms with van der Waals surface area (Å²) in [7, 11) is 0. The Hall–Kier alpha value is -0.650. The number of thiophene rings is 1. The molecule has 0 unspecified atom stereocenters. The molecule has 1 N–H and O–H groups in total. The van der Waals surface area contributed by atoms with Crippen molar-refractivity contribution in [3.63, 3.8) is 0 Å². The largest absolute Gasteiger partial charge is 0.320 e. The van der Waals surface area contributed by atoms with Crippen molar-refractivity contribution in [2.45, 2.75) is 13.8 Å². The molecular formula is C13H11Br2NOS. The third-order valence-electron chi connectivity index (χ3n) is 2.47. The number of carbonyl (C=O) groups is 1. The average Bonchev–Trinajstić information content (AvgIpc) is 2.70. The molecule has 0 saturated carbocycles. The third-order valence-corrected chi connectivity index (χ3v) is 4.72. The van der Waals surface area contributed by atoms with Crippen molar-refractivity contribution >= 4 is 54.8 Å². The third kappa shape index (κ3) is 3.02. The van der Waals surface area contributed by atoms with E-state index in [9.17, 15) is 4.79 Å². The molecule has 1 aromatic heterocycles. The summed E-state index contributed by atoms with van der Waals surface area (Å²) in [5, 5.41) is 2.94. The summed E-state index contributed by atoms with van der Waals surface area (Å²) < 4.78 is 1.86. The lowest BCUT2D eigenvalue weighted by Crippen LogP contribution is -2.11. The van der Waals surface area contributed by atoms with Crippen LogP contribution in [0.1, 0.15) is 20.8 Å². The van der Waals surface area contributed by atoms with Crippen molar-refractivity contribution in [2.24, 2.45) is 0 Å². The number of nitrogens with one attached hydrogen (secondary N) is 1. The molecule has 0 spiro atoms. The van der Waals surface area contributed by atoms with Gasteiger partial charge in [0.1, 0.15) is 0 Å². The minimum absolute atomic E-state index is 0.0849. The molecule has 94 valence electrons. The van der Waals surface area contributed by atoms with Crippen molar-refractivity contribution in [3.8, 4) is 0 Å². The molecule has 1 aromatic carbocycles. The van der Waals surface area contributed by atoms with Gasteiger partial charge in [0.25, 0.3) is 5.91 Å². The molecule has 1 heterocycles. The molecule has 0 bridgehead atoms. The van der Waals surface area contributed by atoms with E-state index in [1.807, 2.05) is 38.1 Å². The van der Waals surface area contributed by atoms with E-state index in [4.69, 9.17) is 0 Å². The van der Waals surface area contributed by atoms with E-state index in [1.54, 1.807) is 0 Å². The van der Waals surface area contributed by atoms with Gasteiger partial charge in [-0.1, -0.05) is 6.07 Å². The molecule has 0 saturated heterocycles. The quantitative estimate of drug-likeness (QED) is 0.757. The summed E-state index contributed by atoms with van der Waals surface area (Å²) in [5.41, 5.74) is 3.04. The highest BCUT2D eigenvalue weighted by Crippen LogP contribution is 2.29. The lowest BCUT2D eigenvalue weighted by Gasteiger charge is -2.11. The summed E-state index contributed by atoms with van der Waals surface area (Å²) in [6.07, 6.45) is 0. The topological polar surface area (TPSA) is 29.1 Å². The molecule has 2 rings (SSSR count). The number of benzene rings is 1. The Balaban J connectivity index is 2.27. The molecule has 2 nitrogen and oxygen atoms in total.